The topological polar surface area (TPSA) is 66.5 Å². The summed E-state index contributed by atoms with van der Waals surface area (Å²) in [5, 5.41) is 3.40. The van der Waals surface area contributed by atoms with Crippen molar-refractivity contribution in [1.82, 2.24) is 4.31 Å². The number of benzene rings is 3. The highest BCUT2D eigenvalue weighted by Gasteiger charge is 2.27. The van der Waals surface area contributed by atoms with Gasteiger partial charge in [0.1, 0.15) is 0 Å². The van der Waals surface area contributed by atoms with Gasteiger partial charge in [-0.3, -0.25) is 4.79 Å². The van der Waals surface area contributed by atoms with Crippen LogP contribution >= 0.6 is 39.1 Å². The van der Waals surface area contributed by atoms with Gasteiger partial charge in [-0.2, -0.15) is 4.31 Å². The predicted molar refractivity (Wildman–Crippen MR) is 128 cm³/mol. The molecule has 0 fully saturated rings. The number of aryl methyl sites for hydroxylation is 1. The van der Waals surface area contributed by atoms with Crippen molar-refractivity contribution < 1.29 is 13.2 Å². The summed E-state index contributed by atoms with van der Waals surface area (Å²) in [5.41, 5.74) is 2.11. The predicted octanol–water partition coefficient (Wildman–Crippen LogP) is 5.89. The lowest BCUT2D eigenvalue weighted by atomic mass is 10.2. The molecule has 3 rings (SSSR count). The fraction of sp³-hybridized carbons (Fsp3) is 0.136. The third-order valence-electron chi connectivity index (χ3n) is 4.45. The van der Waals surface area contributed by atoms with Crippen LogP contribution in [-0.2, 0) is 21.4 Å². The summed E-state index contributed by atoms with van der Waals surface area (Å²) in [6, 6.07) is 18.4. The molecule has 0 aliphatic rings. The van der Waals surface area contributed by atoms with E-state index in [9.17, 15) is 13.2 Å². The molecule has 1 amide bonds. The zero-order chi connectivity index (χ0) is 22.6. The van der Waals surface area contributed by atoms with Crippen molar-refractivity contribution in [2.75, 3.05) is 11.9 Å². The van der Waals surface area contributed by atoms with Gasteiger partial charge in [0.2, 0.25) is 15.9 Å². The number of hydrogen-bond acceptors (Lipinski definition) is 3. The molecule has 0 aromatic heterocycles. The Morgan fingerprint density at radius 3 is 2.23 bits per heavy atom. The van der Waals surface area contributed by atoms with Crippen molar-refractivity contribution in [2.45, 2.75) is 18.4 Å². The molecule has 162 valence electrons. The monoisotopic (exact) mass is 540 g/mol. The average Bonchev–Trinajstić information content (AvgIpc) is 2.72. The number of hydrogen-bond donors (Lipinski definition) is 1. The van der Waals surface area contributed by atoms with Crippen LogP contribution in [0.25, 0.3) is 0 Å². The molecule has 0 bridgehead atoms. The van der Waals surface area contributed by atoms with Crippen LogP contribution in [0.4, 0.5) is 5.69 Å². The van der Waals surface area contributed by atoms with Crippen LogP contribution in [0, 0.1) is 6.92 Å². The molecule has 0 aliphatic heterocycles. The first-order valence-corrected chi connectivity index (χ1v) is 12.2. The standard InChI is InChI=1S/C22H19BrCl2N2O3S/c1-15-2-9-19(10-3-15)31(29,30)27(13-16-4-11-20(24)21(25)12-16)14-22(28)26-18-7-5-17(23)6-8-18/h2-12H,13-14H2,1H3,(H,26,28). The van der Waals surface area contributed by atoms with Gasteiger partial charge in [0.25, 0.3) is 0 Å². The second-order valence-corrected chi connectivity index (χ2v) is 10.6. The molecule has 0 radical (unpaired) electrons. The van der Waals surface area contributed by atoms with E-state index in [0.29, 0.717) is 21.3 Å². The van der Waals surface area contributed by atoms with E-state index in [1.165, 1.54) is 12.1 Å². The third-order valence-corrected chi connectivity index (χ3v) is 7.52. The number of halogens is 3. The van der Waals surface area contributed by atoms with E-state index in [1.54, 1.807) is 54.6 Å². The number of rotatable bonds is 7. The van der Waals surface area contributed by atoms with Gasteiger partial charge < -0.3 is 5.32 Å². The molecule has 0 spiro atoms. The Kier molecular flexibility index (Phi) is 7.78. The number of nitrogens with zero attached hydrogens (tertiary/aromatic N) is 1. The van der Waals surface area contributed by atoms with E-state index >= 15 is 0 Å². The molecule has 0 heterocycles. The second kappa shape index (κ2) is 10.1. The Bertz CT molecular complexity index is 1180. The molecular formula is C22H19BrCl2N2O3S. The van der Waals surface area contributed by atoms with Crippen molar-refractivity contribution in [3.8, 4) is 0 Å². The Hall–Kier alpha value is -1.90. The quantitative estimate of drug-likeness (QED) is 0.405. The highest BCUT2D eigenvalue weighted by Crippen LogP contribution is 2.25. The molecule has 3 aromatic carbocycles. The number of sulfonamides is 1. The summed E-state index contributed by atoms with van der Waals surface area (Å²) in [5.74, 6) is -0.460. The van der Waals surface area contributed by atoms with Crippen molar-refractivity contribution in [3.63, 3.8) is 0 Å². The Balaban J connectivity index is 1.88. The van der Waals surface area contributed by atoms with Crippen LogP contribution in [0.2, 0.25) is 10.0 Å². The molecule has 1 N–H and O–H groups in total. The van der Waals surface area contributed by atoms with Crippen molar-refractivity contribution in [3.05, 3.63) is 92.4 Å². The molecule has 3 aromatic rings. The molecule has 31 heavy (non-hydrogen) atoms. The lowest BCUT2D eigenvalue weighted by Gasteiger charge is -2.22. The molecule has 0 aliphatic carbocycles. The van der Waals surface area contributed by atoms with Crippen LogP contribution in [0.1, 0.15) is 11.1 Å². The van der Waals surface area contributed by atoms with Gasteiger partial charge in [-0.15, -0.1) is 0 Å². The number of carbonyl (C=O) groups excluding carboxylic acids is 1. The summed E-state index contributed by atoms with van der Waals surface area (Å²) in [4.78, 5) is 12.8. The Morgan fingerprint density at radius 2 is 1.61 bits per heavy atom. The van der Waals surface area contributed by atoms with Gasteiger partial charge in [0.05, 0.1) is 21.5 Å². The Morgan fingerprint density at radius 1 is 0.968 bits per heavy atom. The number of nitrogens with one attached hydrogen (secondary N) is 1. The number of carbonyl (C=O) groups is 1. The first kappa shape index (κ1) is 23.8. The zero-order valence-corrected chi connectivity index (χ0v) is 20.4. The van der Waals surface area contributed by atoms with Gasteiger partial charge in [-0.25, -0.2) is 8.42 Å². The minimum absolute atomic E-state index is 0.0408. The van der Waals surface area contributed by atoms with Crippen molar-refractivity contribution >= 4 is 60.7 Å². The molecular weight excluding hydrogens is 523 g/mol. The average molecular weight is 542 g/mol. The summed E-state index contributed by atoms with van der Waals surface area (Å²) >= 11 is 15.4. The number of amides is 1. The van der Waals surface area contributed by atoms with Gasteiger partial charge in [0, 0.05) is 16.7 Å². The third kappa shape index (κ3) is 6.30. The maximum Gasteiger partial charge on any atom is 0.243 e. The van der Waals surface area contributed by atoms with Crippen LogP contribution in [0.3, 0.4) is 0 Å². The second-order valence-electron chi connectivity index (χ2n) is 6.89. The van der Waals surface area contributed by atoms with Crippen LogP contribution < -0.4 is 5.32 Å². The van der Waals surface area contributed by atoms with Gasteiger partial charge in [-0.1, -0.05) is 62.9 Å². The minimum Gasteiger partial charge on any atom is -0.325 e. The van der Waals surface area contributed by atoms with E-state index < -0.39 is 15.9 Å². The van der Waals surface area contributed by atoms with E-state index in [1.807, 2.05) is 6.92 Å². The highest BCUT2D eigenvalue weighted by molar-refractivity contribution is 9.10. The number of anilines is 1. The molecule has 0 unspecified atom stereocenters. The SMILES string of the molecule is Cc1ccc(S(=O)(=O)N(CC(=O)Nc2ccc(Br)cc2)Cc2ccc(Cl)c(Cl)c2)cc1. The molecule has 9 heteroatoms. The fourth-order valence-corrected chi connectivity index (χ4v) is 4.79. The van der Waals surface area contributed by atoms with E-state index in [4.69, 9.17) is 23.2 Å². The Labute approximate surface area is 200 Å². The smallest absolute Gasteiger partial charge is 0.243 e. The summed E-state index contributed by atoms with van der Waals surface area (Å²) in [6.45, 7) is 1.46. The van der Waals surface area contributed by atoms with Gasteiger partial charge >= 0.3 is 0 Å². The van der Waals surface area contributed by atoms with E-state index in [2.05, 4.69) is 21.2 Å². The summed E-state index contributed by atoms with van der Waals surface area (Å²) in [6.07, 6.45) is 0. The maximum absolute atomic E-state index is 13.3. The van der Waals surface area contributed by atoms with Crippen LogP contribution in [0.15, 0.2) is 76.1 Å². The van der Waals surface area contributed by atoms with Crippen LogP contribution in [0.5, 0.6) is 0 Å². The molecule has 5 nitrogen and oxygen atoms in total. The molecule has 0 atom stereocenters. The normalized spacial score (nSPS) is 11.5. The minimum atomic E-state index is -3.94. The summed E-state index contributed by atoms with van der Waals surface area (Å²) < 4.78 is 28.6. The lowest BCUT2D eigenvalue weighted by molar-refractivity contribution is -0.116. The first-order valence-electron chi connectivity index (χ1n) is 9.21. The van der Waals surface area contributed by atoms with E-state index in [0.717, 1.165) is 14.3 Å². The van der Waals surface area contributed by atoms with Crippen LogP contribution in [-0.4, -0.2) is 25.2 Å². The van der Waals surface area contributed by atoms with Gasteiger partial charge in [0.15, 0.2) is 0 Å². The lowest BCUT2D eigenvalue weighted by Crippen LogP contribution is -2.37. The fourth-order valence-electron chi connectivity index (χ4n) is 2.82. The maximum atomic E-state index is 13.3. The van der Waals surface area contributed by atoms with E-state index in [-0.39, 0.29) is 18.0 Å². The zero-order valence-electron chi connectivity index (χ0n) is 16.5. The highest BCUT2D eigenvalue weighted by atomic mass is 79.9. The first-order chi connectivity index (χ1) is 14.6. The van der Waals surface area contributed by atoms with Gasteiger partial charge in [-0.05, 0) is 61.0 Å². The van der Waals surface area contributed by atoms with Crippen molar-refractivity contribution in [2.24, 2.45) is 0 Å². The van der Waals surface area contributed by atoms with Crippen molar-refractivity contribution in [1.29, 1.82) is 0 Å². The largest absolute Gasteiger partial charge is 0.325 e. The molecule has 0 saturated carbocycles. The molecule has 0 saturated heterocycles. The summed E-state index contributed by atoms with van der Waals surface area (Å²) in [7, 11) is -3.94.